The first kappa shape index (κ1) is 19.6. The summed E-state index contributed by atoms with van der Waals surface area (Å²) in [6.45, 7) is 8.91. The highest BCUT2D eigenvalue weighted by molar-refractivity contribution is 14.0. The molecule has 20 heavy (non-hydrogen) atoms. The first-order chi connectivity index (χ1) is 8.93. The van der Waals surface area contributed by atoms with Crippen molar-refractivity contribution in [1.29, 1.82) is 0 Å². The third kappa shape index (κ3) is 6.35. The summed E-state index contributed by atoms with van der Waals surface area (Å²) in [6, 6.07) is 1.99. The average molecular weight is 413 g/mol. The van der Waals surface area contributed by atoms with Gasteiger partial charge in [-0.05, 0) is 18.9 Å². The zero-order valence-electron chi connectivity index (χ0n) is 13.0. The SMILES string of the molecule is CCNC(=NCC(C)C)N(C)Cc1cc(Cl)cn1C.I. The first-order valence-electron chi connectivity index (χ1n) is 6.74. The number of nitrogens with zero attached hydrogens (tertiary/aromatic N) is 3. The number of nitrogens with one attached hydrogen (secondary N) is 1. The van der Waals surface area contributed by atoms with Crippen LogP contribution in [-0.2, 0) is 13.6 Å². The Labute approximate surface area is 144 Å². The second-order valence-corrected chi connectivity index (χ2v) is 5.64. The van der Waals surface area contributed by atoms with Crippen molar-refractivity contribution in [3.05, 3.63) is 23.0 Å². The number of rotatable bonds is 5. The maximum absolute atomic E-state index is 6.01. The third-order valence-electron chi connectivity index (χ3n) is 2.78. The van der Waals surface area contributed by atoms with Gasteiger partial charge in [-0.3, -0.25) is 4.99 Å². The van der Waals surface area contributed by atoms with Crippen LogP contribution in [0.25, 0.3) is 0 Å². The predicted octanol–water partition coefficient (Wildman–Crippen LogP) is 3.35. The molecule has 1 aromatic rings. The fourth-order valence-corrected chi connectivity index (χ4v) is 2.05. The molecule has 0 aliphatic carbocycles. The average Bonchev–Trinajstić information content (AvgIpc) is 2.62. The van der Waals surface area contributed by atoms with Gasteiger partial charge < -0.3 is 14.8 Å². The minimum absolute atomic E-state index is 0. The molecule has 116 valence electrons. The van der Waals surface area contributed by atoms with Gasteiger partial charge >= 0.3 is 0 Å². The van der Waals surface area contributed by atoms with E-state index in [1.54, 1.807) is 0 Å². The lowest BCUT2D eigenvalue weighted by Crippen LogP contribution is -2.39. The summed E-state index contributed by atoms with van der Waals surface area (Å²) in [5.74, 6) is 1.50. The lowest BCUT2D eigenvalue weighted by atomic mass is 10.2. The summed E-state index contributed by atoms with van der Waals surface area (Å²) in [5, 5.41) is 4.09. The monoisotopic (exact) mass is 412 g/mol. The molecule has 0 unspecified atom stereocenters. The largest absolute Gasteiger partial charge is 0.357 e. The molecule has 0 amide bonds. The Kier molecular flexibility index (Phi) is 9.29. The van der Waals surface area contributed by atoms with E-state index in [1.165, 1.54) is 5.69 Å². The molecule has 6 heteroatoms. The smallest absolute Gasteiger partial charge is 0.194 e. The molecule has 0 atom stereocenters. The molecule has 1 heterocycles. The number of guanidine groups is 1. The molecule has 0 saturated heterocycles. The summed E-state index contributed by atoms with van der Waals surface area (Å²) >= 11 is 6.01. The Bertz CT molecular complexity index is 429. The van der Waals surface area contributed by atoms with Gasteiger partial charge in [-0.15, -0.1) is 24.0 Å². The second kappa shape index (κ2) is 9.50. The maximum atomic E-state index is 6.01. The Morgan fingerprint density at radius 3 is 2.60 bits per heavy atom. The van der Waals surface area contributed by atoms with Gasteiger partial charge in [0.2, 0.25) is 0 Å². The van der Waals surface area contributed by atoms with E-state index in [9.17, 15) is 0 Å². The second-order valence-electron chi connectivity index (χ2n) is 5.21. The molecule has 1 N–H and O–H groups in total. The Morgan fingerprint density at radius 1 is 1.50 bits per heavy atom. The molecule has 0 spiro atoms. The quantitative estimate of drug-likeness (QED) is 0.457. The van der Waals surface area contributed by atoms with Gasteiger partial charge in [-0.1, -0.05) is 25.4 Å². The van der Waals surface area contributed by atoms with Crippen molar-refractivity contribution in [2.75, 3.05) is 20.1 Å². The van der Waals surface area contributed by atoms with Crippen molar-refractivity contribution < 1.29 is 0 Å². The Hall–Kier alpha value is -0.430. The lowest BCUT2D eigenvalue weighted by Gasteiger charge is -2.22. The van der Waals surface area contributed by atoms with E-state index in [-0.39, 0.29) is 24.0 Å². The van der Waals surface area contributed by atoms with Crippen LogP contribution in [0.5, 0.6) is 0 Å². The Morgan fingerprint density at radius 2 is 2.15 bits per heavy atom. The van der Waals surface area contributed by atoms with E-state index < -0.39 is 0 Å². The van der Waals surface area contributed by atoms with Crippen LogP contribution in [0, 0.1) is 5.92 Å². The highest BCUT2D eigenvalue weighted by Gasteiger charge is 2.09. The number of aliphatic imine (C=N–C) groups is 1. The third-order valence-corrected chi connectivity index (χ3v) is 2.98. The molecule has 1 rings (SSSR count). The molecule has 0 aliphatic rings. The minimum Gasteiger partial charge on any atom is -0.357 e. The van der Waals surface area contributed by atoms with E-state index in [4.69, 9.17) is 11.6 Å². The van der Waals surface area contributed by atoms with Crippen molar-refractivity contribution >= 4 is 41.5 Å². The van der Waals surface area contributed by atoms with Crippen molar-refractivity contribution in [3.8, 4) is 0 Å². The van der Waals surface area contributed by atoms with E-state index in [0.717, 1.165) is 30.6 Å². The van der Waals surface area contributed by atoms with Crippen LogP contribution in [0.15, 0.2) is 17.3 Å². The van der Waals surface area contributed by atoms with Gasteiger partial charge in [0.15, 0.2) is 5.96 Å². The van der Waals surface area contributed by atoms with Gasteiger partial charge in [0.05, 0.1) is 11.6 Å². The summed E-state index contributed by atoms with van der Waals surface area (Å²) < 4.78 is 2.05. The standard InChI is InChI=1S/C14H25ClN4.HI/c1-6-16-14(17-8-11(2)3)19(5)10-13-7-12(15)9-18(13)4;/h7,9,11H,6,8,10H2,1-5H3,(H,16,17);1H. The molecule has 0 fully saturated rings. The van der Waals surface area contributed by atoms with Crippen LogP contribution in [0.4, 0.5) is 0 Å². The zero-order valence-corrected chi connectivity index (χ0v) is 16.1. The minimum atomic E-state index is 0. The van der Waals surface area contributed by atoms with Gasteiger partial charge in [0, 0.05) is 39.1 Å². The molecule has 0 saturated carbocycles. The zero-order chi connectivity index (χ0) is 14.4. The maximum Gasteiger partial charge on any atom is 0.194 e. The Balaban J connectivity index is 0.00000361. The number of aryl methyl sites for hydroxylation is 1. The van der Waals surface area contributed by atoms with Crippen LogP contribution < -0.4 is 5.32 Å². The van der Waals surface area contributed by atoms with Crippen LogP contribution in [0.2, 0.25) is 5.02 Å². The lowest BCUT2D eigenvalue weighted by molar-refractivity contribution is 0.459. The van der Waals surface area contributed by atoms with Crippen LogP contribution in [0.1, 0.15) is 26.5 Å². The van der Waals surface area contributed by atoms with Crippen molar-refractivity contribution in [2.45, 2.75) is 27.3 Å². The van der Waals surface area contributed by atoms with Gasteiger partial charge in [0.1, 0.15) is 0 Å². The van der Waals surface area contributed by atoms with Crippen molar-refractivity contribution in [1.82, 2.24) is 14.8 Å². The van der Waals surface area contributed by atoms with E-state index in [2.05, 4.69) is 36.0 Å². The van der Waals surface area contributed by atoms with Crippen LogP contribution in [0.3, 0.4) is 0 Å². The fraction of sp³-hybridized carbons (Fsp3) is 0.643. The first-order valence-corrected chi connectivity index (χ1v) is 7.12. The normalized spacial score (nSPS) is 11.4. The number of aromatic nitrogens is 1. The van der Waals surface area contributed by atoms with Gasteiger partial charge in [0.25, 0.3) is 0 Å². The molecular weight excluding hydrogens is 387 g/mol. The topological polar surface area (TPSA) is 32.6 Å². The van der Waals surface area contributed by atoms with Gasteiger partial charge in [-0.25, -0.2) is 0 Å². The number of halogens is 2. The van der Waals surface area contributed by atoms with E-state index in [0.29, 0.717) is 5.92 Å². The molecule has 0 aliphatic heterocycles. The van der Waals surface area contributed by atoms with E-state index in [1.807, 2.05) is 30.9 Å². The highest BCUT2D eigenvalue weighted by Crippen LogP contribution is 2.14. The van der Waals surface area contributed by atoms with Gasteiger partial charge in [-0.2, -0.15) is 0 Å². The molecule has 1 aromatic heterocycles. The predicted molar refractivity (Wildman–Crippen MR) is 98.1 cm³/mol. The van der Waals surface area contributed by atoms with E-state index >= 15 is 0 Å². The fourth-order valence-electron chi connectivity index (χ4n) is 1.78. The summed E-state index contributed by atoms with van der Waals surface area (Å²) in [4.78, 5) is 6.76. The van der Waals surface area contributed by atoms with Crippen LogP contribution in [-0.4, -0.2) is 35.6 Å². The molecule has 0 aromatic carbocycles. The highest BCUT2D eigenvalue weighted by atomic mass is 127. The number of hydrogen-bond acceptors (Lipinski definition) is 1. The molecule has 0 bridgehead atoms. The number of hydrogen-bond donors (Lipinski definition) is 1. The van der Waals surface area contributed by atoms with Crippen molar-refractivity contribution in [2.24, 2.45) is 18.0 Å². The summed E-state index contributed by atoms with van der Waals surface area (Å²) in [7, 11) is 4.05. The molecular formula is C14H26ClIN4. The van der Waals surface area contributed by atoms with Crippen LogP contribution >= 0.6 is 35.6 Å². The molecule has 0 radical (unpaired) electrons. The molecule has 4 nitrogen and oxygen atoms in total. The summed E-state index contributed by atoms with van der Waals surface area (Å²) in [6.07, 6.45) is 1.92. The summed E-state index contributed by atoms with van der Waals surface area (Å²) in [5.41, 5.74) is 1.17. The van der Waals surface area contributed by atoms with Crippen molar-refractivity contribution in [3.63, 3.8) is 0 Å².